The highest BCUT2D eigenvalue weighted by Gasteiger charge is 2.59. The van der Waals surface area contributed by atoms with Crippen LogP contribution in [0.15, 0.2) is 41.3 Å². The molecule has 1 aromatic carbocycles. The molecule has 1 saturated heterocycles. The zero-order valence-corrected chi connectivity index (χ0v) is 16.1. The second-order valence-electron chi connectivity index (χ2n) is 7.63. The van der Waals surface area contributed by atoms with E-state index in [9.17, 15) is 9.59 Å². The largest absolute Gasteiger partial charge is 0.334 e. The van der Waals surface area contributed by atoms with E-state index in [0.717, 1.165) is 16.8 Å². The summed E-state index contributed by atoms with van der Waals surface area (Å²) in [7, 11) is 1.82. The van der Waals surface area contributed by atoms with Crippen molar-refractivity contribution in [3.8, 4) is 0 Å². The number of likely N-dealkylation sites (tertiary alicyclic amines) is 1. The van der Waals surface area contributed by atoms with Gasteiger partial charge in [-0.3, -0.25) is 14.3 Å². The molecule has 1 fully saturated rings. The third kappa shape index (κ3) is 2.50. The van der Waals surface area contributed by atoms with E-state index in [0.29, 0.717) is 24.4 Å². The van der Waals surface area contributed by atoms with E-state index in [-0.39, 0.29) is 18.2 Å². The van der Waals surface area contributed by atoms with E-state index in [1.54, 1.807) is 22.7 Å². The van der Waals surface area contributed by atoms with Gasteiger partial charge in [-0.05, 0) is 25.0 Å². The van der Waals surface area contributed by atoms with E-state index < -0.39 is 11.5 Å². The fourth-order valence-corrected chi connectivity index (χ4v) is 4.65. The van der Waals surface area contributed by atoms with Crippen LogP contribution in [0.1, 0.15) is 35.0 Å². The van der Waals surface area contributed by atoms with Gasteiger partial charge in [-0.1, -0.05) is 28.5 Å². The number of nitrogens with one attached hydrogen (secondary N) is 1. The molecule has 9 heteroatoms. The van der Waals surface area contributed by atoms with Crippen LogP contribution in [0.4, 0.5) is 5.69 Å². The maximum atomic E-state index is 13.3. The summed E-state index contributed by atoms with van der Waals surface area (Å²) in [5, 5.41) is 14.9. The minimum absolute atomic E-state index is 0.0748. The molecule has 9 nitrogen and oxygen atoms in total. The zero-order valence-electron chi connectivity index (χ0n) is 16.1. The van der Waals surface area contributed by atoms with E-state index in [2.05, 4.69) is 20.7 Å². The Bertz CT molecular complexity index is 1120. The standard InChI is InChI=1S/C20H20N6O3/c1-12-16(24-29-23-12)9-17(27)26-8-7-20(18(26)13-10-21-25(2)11-13)14-5-3-4-6-15(14)22-19(20)28/h3-6,10-11,18H,7-9H2,1-2H3,(H,22,28). The third-order valence-corrected chi connectivity index (χ3v) is 6.01. The predicted octanol–water partition coefficient (Wildman–Crippen LogP) is 1.52. The Kier molecular flexibility index (Phi) is 3.80. The van der Waals surface area contributed by atoms with Crippen molar-refractivity contribution in [2.75, 3.05) is 11.9 Å². The lowest BCUT2D eigenvalue weighted by atomic mass is 9.73. The van der Waals surface area contributed by atoms with Crippen LogP contribution in [0, 0.1) is 6.92 Å². The minimum atomic E-state index is -0.841. The number of carbonyl (C=O) groups excluding carboxylic acids is 2. The molecule has 2 aliphatic rings. The van der Waals surface area contributed by atoms with Gasteiger partial charge in [0.1, 0.15) is 16.8 Å². The predicted molar refractivity (Wildman–Crippen MR) is 102 cm³/mol. The summed E-state index contributed by atoms with van der Waals surface area (Å²) in [5.74, 6) is -0.200. The normalized spacial score (nSPS) is 22.9. The van der Waals surface area contributed by atoms with Crippen LogP contribution in [0.5, 0.6) is 0 Å². The second kappa shape index (κ2) is 6.26. The fourth-order valence-electron chi connectivity index (χ4n) is 4.65. The highest BCUT2D eigenvalue weighted by molar-refractivity contribution is 6.07. The molecule has 2 amide bonds. The summed E-state index contributed by atoms with van der Waals surface area (Å²) < 4.78 is 6.42. The van der Waals surface area contributed by atoms with Gasteiger partial charge in [-0.25, -0.2) is 4.63 Å². The lowest BCUT2D eigenvalue weighted by Gasteiger charge is -2.33. The average Bonchev–Trinajstić information content (AvgIpc) is 3.45. The Morgan fingerprint density at radius 2 is 2.17 bits per heavy atom. The Balaban J connectivity index is 1.60. The summed E-state index contributed by atoms with van der Waals surface area (Å²) in [6, 6.07) is 7.24. The van der Waals surface area contributed by atoms with E-state index in [1.165, 1.54) is 0 Å². The Morgan fingerprint density at radius 1 is 1.34 bits per heavy atom. The van der Waals surface area contributed by atoms with Crippen LogP contribution in [-0.2, 0) is 28.5 Å². The lowest BCUT2D eigenvalue weighted by molar-refractivity contribution is -0.133. The van der Waals surface area contributed by atoms with E-state index in [1.807, 2.05) is 37.5 Å². The molecular formula is C20H20N6O3. The Labute approximate surface area is 166 Å². The van der Waals surface area contributed by atoms with Crippen molar-refractivity contribution in [2.45, 2.75) is 31.2 Å². The first-order valence-corrected chi connectivity index (χ1v) is 9.47. The maximum Gasteiger partial charge on any atom is 0.237 e. The number of fused-ring (bicyclic) bond motifs is 2. The fraction of sp³-hybridized carbons (Fsp3) is 0.350. The Hall–Kier alpha value is -3.49. The second-order valence-corrected chi connectivity index (χ2v) is 7.63. The van der Waals surface area contributed by atoms with Crippen LogP contribution >= 0.6 is 0 Å². The number of aromatic nitrogens is 4. The number of anilines is 1. The molecule has 148 valence electrons. The number of nitrogens with zero attached hydrogens (tertiary/aromatic N) is 5. The zero-order chi connectivity index (χ0) is 20.2. The number of aryl methyl sites for hydroxylation is 2. The van der Waals surface area contributed by atoms with Gasteiger partial charge in [0.05, 0.1) is 18.7 Å². The number of para-hydroxylation sites is 1. The molecule has 1 spiro atoms. The highest BCUT2D eigenvalue weighted by Crippen LogP contribution is 2.54. The number of hydrogen-bond acceptors (Lipinski definition) is 6. The molecule has 2 aromatic heterocycles. The van der Waals surface area contributed by atoms with Gasteiger partial charge in [-0.15, -0.1) is 0 Å². The molecule has 3 aromatic rings. The van der Waals surface area contributed by atoms with Gasteiger partial charge >= 0.3 is 0 Å². The molecule has 5 rings (SSSR count). The van der Waals surface area contributed by atoms with E-state index in [4.69, 9.17) is 4.63 Å². The number of benzene rings is 1. The van der Waals surface area contributed by atoms with Crippen LogP contribution in [0.3, 0.4) is 0 Å². The van der Waals surface area contributed by atoms with Gasteiger partial charge in [0.2, 0.25) is 11.8 Å². The van der Waals surface area contributed by atoms with Crippen molar-refractivity contribution in [3.63, 3.8) is 0 Å². The molecule has 2 aliphatic heterocycles. The number of amides is 2. The molecule has 2 unspecified atom stereocenters. The minimum Gasteiger partial charge on any atom is -0.334 e. The summed E-state index contributed by atoms with van der Waals surface area (Å²) in [5.41, 5.74) is 2.82. The average molecular weight is 392 g/mol. The molecule has 2 atom stereocenters. The van der Waals surface area contributed by atoms with Gasteiger partial charge < -0.3 is 10.2 Å². The topological polar surface area (TPSA) is 106 Å². The van der Waals surface area contributed by atoms with Gasteiger partial charge in [0, 0.05) is 31.0 Å². The first kappa shape index (κ1) is 17.6. The van der Waals surface area contributed by atoms with Crippen molar-refractivity contribution in [3.05, 3.63) is 59.2 Å². The molecule has 0 radical (unpaired) electrons. The third-order valence-electron chi connectivity index (χ3n) is 6.01. The smallest absolute Gasteiger partial charge is 0.237 e. The lowest BCUT2D eigenvalue weighted by Crippen LogP contribution is -2.43. The number of rotatable bonds is 3. The summed E-state index contributed by atoms with van der Waals surface area (Å²) in [6.45, 7) is 2.22. The summed E-state index contributed by atoms with van der Waals surface area (Å²) >= 11 is 0. The quantitative estimate of drug-likeness (QED) is 0.724. The summed E-state index contributed by atoms with van der Waals surface area (Å²) in [4.78, 5) is 28.3. The Morgan fingerprint density at radius 3 is 2.90 bits per heavy atom. The molecule has 0 saturated carbocycles. The van der Waals surface area contributed by atoms with Gasteiger partial charge in [-0.2, -0.15) is 5.10 Å². The van der Waals surface area contributed by atoms with Crippen molar-refractivity contribution >= 4 is 17.5 Å². The monoisotopic (exact) mass is 392 g/mol. The number of hydrogen-bond donors (Lipinski definition) is 1. The SMILES string of the molecule is Cc1nonc1CC(=O)N1CCC2(C(=O)Nc3ccccc32)C1c1cnn(C)c1. The van der Waals surface area contributed by atoms with Crippen molar-refractivity contribution in [1.82, 2.24) is 25.0 Å². The molecule has 1 N–H and O–H groups in total. The van der Waals surface area contributed by atoms with E-state index >= 15 is 0 Å². The molecule has 0 bridgehead atoms. The van der Waals surface area contributed by atoms with Crippen molar-refractivity contribution < 1.29 is 14.2 Å². The van der Waals surface area contributed by atoms with Crippen LogP contribution in [0.2, 0.25) is 0 Å². The first-order valence-electron chi connectivity index (χ1n) is 9.47. The molecule has 0 aliphatic carbocycles. The highest BCUT2D eigenvalue weighted by atomic mass is 16.6. The molecule has 4 heterocycles. The summed E-state index contributed by atoms with van der Waals surface area (Å²) in [6.07, 6.45) is 4.22. The van der Waals surface area contributed by atoms with Crippen molar-refractivity contribution in [2.24, 2.45) is 7.05 Å². The molecular weight excluding hydrogens is 372 g/mol. The van der Waals surface area contributed by atoms with Gasteiger partial charge in [0.25, 0.3) is 0 Å². The van der Waals surface area contributed by atoms with Crippen LogP contribution in [-0.4, -0.2) is 43.4 Å². The number of carbonyl (C=O) groups is 2. The first-order chi connectivity index (χ1) is 14.0. The van der Waals surface area contributed by atoms with Crippen molar-refractivity contribution in [1.29, 1.82) is 0 Å². The van der Waals surface area contributed by atoms with Crippen LogP contribution in [0.25, 0.3) is 0 Å². The van der Waals surface area contributed by atoms with Gasteiger partial charge in [0.15, 0.2) is 0 Å². The maximum absolute atomic E-state index is 13.3. The molecule has 29 heavy (non-hydrogen) atoms. The van der Waals surface area contributed by atoms with Crippen LogP contribution < -0.4 is 5.32 Å².